The monoisotopic (exact) mass is 707 g/mol. The summed E-state index contributed by atoms with van der Waals surface area (Å²) in [6.45, 7) is 0.671. The van der Waals surface area contributed by atoms with E-state index in [0.29, 0.717) is 11.1 Å². The fourth-order valence-electron chi connectivity index (χ4n) is 4.98. The van der Waals surface area contributed by atoms with Gasteiger partial charge in [-0.3, -0.25) is 4.57 Å². The van der Waals surface area contributed by atoms with Crippen molar-refractivity contribution in [1.82, 2.24) is 9.55 Å². The Balaban J connectivity index is 1.70. The zero-order valence-electron chi connectivity index (χ0n) is 23.5. The maximum atomic E-state index is 13.7. The van der Waals surface area contributed by atoms with Crippen LogP contribution < -0.4 is 9.75 Å². The molecule has 1 aliphatic heterocycles. The molecule has 0 saturated heterocycles. The van der Waals surface area contributed by atoms with Crippen LogP contribution in [0, 0.1) is 6.92 Å². The molecule has 4 aromatic rings. The fourth-order valence-corrected chi connectivity index (χ4v) is 6.64. The first kappa shape index (κ1) is 33.5. The molecular weight excluding hydrogens is 687 g/mol. The van der Waals surface area contributed by atoms with Crippen molar-refractivity contribution < 1.29 is 44.6 Å². The number of alkyl halides is 6. The lowest BCUT2D eigenvalue weighted by atomic mass is 10.0. The quantitative estimate of drug-likeness (QED) is 0.196. The van der Waals surface area contributed by atoms with E-state index in [-0.39, 0.29) is 44.8 Å². The first-order chi connectivity index (χ1) is 21.4. The standard InChI is InChI=1S/C28H21Cl2F6N5O4S/c1-14-38-25(27(31,32)33)26(30)40(14)21-8-5-16(17-9-20(29)19(13-42)24(11-17)46(2,43)44)10-22(21)41-23(12-37-39-41)15-3-6-18(7-4-15)45-28(34,35)36/h3-11,23,42H,12-13H2,1-2H3. The molecule has 3 aromatic carbocycles. The molecule has 0 radical (unpaired) electrons. The van der Waals surface area contributed by atoms with Crippen molar-refractivity contribution in [2.75, 3.05) is 17.8 Å². The van der Waals surface area contributed by atoms with Gasteiger partial charge in [-0.25, -0.2) is 18.4 Å². The van der Waals surface area contributed by atoms with Crippen LogP contribution in [-0.4, -0.2) is 42.2 Å². The van der Waals surface area contributed by atoms with Gasteiger partial charge in [-0.15, -0.1) is 13.2 Å². The molecule has 0 fully saturated rings. The molecule has 46 heavy (non-hydrogen) atoms. The van der Waals surface area contributed by atoms with E-state index < -0.39 is 51.6 Å². The Morgan fingerprint density at radius 1 is 0.978 bits per heavy atom. The molecule has 5 rings (SSSR count). The van der Waals surface area contributed by atoms with Crippen molar-refractivity contribution in [2.24, 2.45) is 10.3 Å². The van der Waals surface area contributed by atoms with E-state index in [9.17, 15) is 39.9 Å². The highest BCUT2D eigenvalue weighted by molar-refractivity contribution is 7.90. The van der Waals surface area contributed by atoms with E-state index in [0.717, 1.165) is 23.0 Å². The molecule has 2 heterocycles. The Labute approximate surface area is 267 Å². The van der Waals surface area contributed by atoms with Gasteiger partial charge in [-0.1, -0.05) is 46.6 Å². The van der Waals surface area contributed by atoms with Gasteiger partial charge in [-0.2, -0.15) is 18.3 Å². The second-order valence-corrected chi connectivity index (χ2v) is 12.8. The van der Waals surface area contributed by atoms with Crippen LogP contribution in [0.5, 0.6) is 5.75 Å². The highest BCUT2D eigenvalue weighted by atomic mass is 35.5. The summed E-state index contributed by atoms with van der Waals surface area (Å²) in [6, 6.07) is 11.3. The number of ether oxygens (including phenoxy) is 1. The smallest absolute Gasteiger partial charge is 0.406 e. The number of aryl methyl sites for hydroxylation is 1. The van der Waals surface area contributed by atoms with Gasteiger partial charge in [0, 0.05) is 16.8 Å². The fraction of sp³-hybridized carbons (Fsp3) is 0.250. The number of aromatic nitrogens is 2. The van der Waals surface area contributed by atoms with Gasteiger partial charge >= 0.3 is 12.5 Å². The Morgan fingerprint density at radius 3 is 2.22 bits per heavy atom. The summed E-state index contributed by atoms with van der Waals surface area (Å²) in [5.74, 6) is -0.592. The molecule has 1 aliphatic rings. The molecule has 0 saturated carbocycles. The molecule has 1 aromatic heterocycles. The lowest BCUT2D eigenvalue weighted by Crippen LogP contribution is -2.22. The number of aliphatic hydroxyl groups excluding tert-OH is 1. The van der Waals surface area contributed by atoms with Crippen LogP contribution in [0.1, 0.15) is 28.7 Å². The lowest BCUT2D eigenvalue weighted by Gasteiger charge is -2.26. The van der Waals surface area contributed by atoms with Gasteiger partial charge in [0.1, 0.15) is 22.8 Å². The Hall–Kier alpha value is -3.86. The summed E-state index contributed by atoms with van der Waals surface area (Å²) in [5.41, 5.74) is -0.0643. The summed E-state index contributed by atoms with van der Waals surface area (Å²) in [7, 11) is -3.86. The van der Waals surface area contributed by atoms with Crippen LogP contribution in [0.3, 0.4) is 0 Å². The Bertz CT molecular complexity index is 1950. The molecular formula is C28H21Cl2F6N5O4S. The molecule has 0 aliphatic carbocycles. The predicted octanol–water partition coefficient (Wildman–Crippen LogP) is 7.90. The molecule has 0 amide bonds. The van der Waals surface area contributed by atoms with Crippen LogP contribution in [-0.2, 0) is 22.6 Å². The molecule has 1 atom stereocenters. The van der Waals surface area contributed by atoms with E-state index >= 15 is 0 Å². The van der Waals surface area contributed by atoms with E-state index in [1.54, 1.807) is 0 Å². The SMILES string of the molecule is Cc1nc(C(F)(F)F)c(Cl)n1-c1ccc(-c2cc(Cl)c(CO)c(S(C)(=O)=O)c2)cc1N1N=NCC1c1ccc(OC(F)(F)F)cc1. The average molecular weight is 708 g/mol. The third kappa shape index (κ3) is 6.65. The molecule has 0 spiro atoms. The van der Waals surface area contributed by atoms with Gasteiger partial charge in [0.05, 0.1) is 29.4 Å². The number of sulfone groups is 1. The predicted molar refractivity (Wildman–Crippen MR) is 156 cm³/mol. The van der Waals surface area contributed by atoms with Gasteiger partial charge in [0.15, 0.2) is 15.5 Å². The maximum absolute atomic E-state index is 13.7. The first-order valence-electron chi connectivity index (χ1n) is 13.0. The minimum absolute atomic E-state index is 0.0167. The number of imidazole rings is 1. The van der Waals surface area contributed by atoms with Crippen LogP contribution in [0.4, 0.5) is 32.0 Å². The molecule has 9 nitrogen and oxygen atoms in total. The maximum Gasteiger partial charge on any atom is 0.573 e. The number of hydrogen-bond donors (Lipinski definition) is 1. The van der Waals surface area contributed by atoms with Crippen molar-refractivity contribution in [2.45, 2.75) is 37.0 Å². The molecule has 1 N–H and O–H groups in total. The van der Waals surface area contributed by atoms with Crippen LogP contribution in [0.2, 0.25) is 10.2 Å². The van der Waals surface area contributed by atoms with Gasteiger partial charge in [0.2, 0.25) is 0 Å². The largest absolute Gasteiger partial charge is 0.573 e. The van der Waals surface area contributed by atoms with E-state index in [1.807, 2.05) is 0 Å². The van der Waals surface area contributed by atoms with Crippen molar-refractivity contribution in [3.05, 3.63) is 87.4 Å². The number of rotatable bonds is 7. The second kappa shape index (κ2) is 12.1. The third-order valence-corrected chi connectivity index (χ3v) is 8.82. The number of benzene rings is 3. The molecule has 1 unspecified atom stereocenters. The molecule has 0 bridgehead atoms. The Morgan fingerprint density at radius 2 is 1.65 bits per heavy atom. The van der Waals surface area contributed by atoms with Crippen molar-refractivity contribution >= 4 is 38.7 Å². The summed E-state index contributed by atoms with van der Waals surface area (Å²) in [6.07, 6.45) is -8.84. The highest BCUT2D eigenvalue weighted by Gasteiger charge is 2.39. The van der Waals surface area contributed by atoms with Crippen LogP contribution in [0.15, 0.2) is 69.8 Å². The highest BCUT2D eigenvalue weighted by Crippen LogP contribution is 2.43. The zero-order chi connectivity index (χ0) is 33.8. The molecule has 244 valence electrons. The normalized spacial score (nSPS) is 15.5. The number of hydrogen-bond acceptors (Lipinski definition) is 8. The van der Waals surface area contributed by atoms with E-state index in [4.69, 9.17) is 23.2 Å². The lowest BCUT2D eigenvalue weighted by molar-refractivity contribution is -0.274. The molecule has 18 heteroatoms. The van der Waals surface area contributed by atoms with Crippen LogP contribution >= 0.6 is 23.2 Å². The second-order valence-electron chi connectivity index (χ2n) is 10.1. The van der Waals surface area contributed by atoms with E-state index in [2.05, 4.69) is 20.1 Å². The van der Waals surface area contributed by atoms with Crippen molar-refractivity contribution in [3.63, 3.8) is 0 Å². The van der Waals surface area contributed by atoms with E-state index in [1.165, 1.54) is 54.4 Å². The summed E-state index contributed by atoms with van der Waals surface area (Å²) in [5, 5.41) is 18.6. The summed E-state index contributed by atoms with van der Waals surface area (Å²) < 4.78 is 109. The summed E-state index contributed by atoms with van der Waals surface area (Å²) in [4.78, 5) is 3.38. The number of aliphatic hydroxyl groups is 1. The topological polar surface area (TPSA) is 109 Å². The van der Waals surface area contributed by atoms with Crippen molar-refractivity contribution in [1.29, 1.82) is 0 Å². The average Bonchev–Trinajstić information content (AvgIpc) is 3.55. The minimum Gasteiger partial charge on any atom is -0.406 e. The van der Waals surface area contributed by atoms with Crippen molar-refractivity contribution in [3.8, 4) is 22.6 Å². The number of anilines is 1. The van der Waals surface area contributed by atoms with Crippen LogP contribution in [0.25, 0.3) is 16.8 Å². The zero-order valence-corrected chi connectivity index (χ0v) is 25.9. The first-order valence-corrected chi connectivity index (χ1v) is 15.7. The number of halogens is 8. The number of nitrogens with zero attached hydrogens (tertiary/aromatic N) is 5. The third-order valence-electron chi connectivity index (χ3n) is 6.97. The van der Waals surface area contributed by atoms with Gasteiger partial charge < -0.3 is 9.84 Å². The van der Waals surface area contributed by atoms with Gasteiger partial charge in [0.25, 0.3) is 0 Å². The summed E-state index contributed by atoms with van der Waals surface area (Å²) >= 11 is 12.6. The van der Waals surface area contributed by atoms with Gasteiger partial charge in [-0.05, 0) is 60.0 Å². The minimum atomic E-state index is -4.91. The Kier molecular flexibility index (Phi) is 8.78.